The molecule has 0 radical (unpaired) electrons. The van der Waals surface area contributed by atoms with Gasteiger partial charge in [0.25, 0.3) is 0 Å². The van der Waals surface area contributed by atoms with Gasteiger partial charge in [0.2, 0.25) is 0 Å². The molecule has 0 aliphatic heterocycles. The van der Waals surface area contributed by atoms with Gasteiger partial charge in [0, 0.05) is 18.3 Å². The third-order valence-corrected chi connectivity index (χ3v) is 3.10. The van der Waals surface area contributed by atoms with E-state index < -0.39 is 0 Å². The summed E-state index contributed by atoms with van der Waals surface area (Å²) in [5, 5.41) is 3.43. The Kier molecular flexibility index (Phi) is 5.76. The van der Waals surface area contributed by atoms with E-state index in [-0.39, 0.29) is 6.10 Å². The molecule has 0 aliphatic carbocycles. The van der Waals surface area contributed by atoms with E-state index >= 15 is 0 Å². The molecule has 0 saturated carbocycles. The smallest absolute Gasteiger partial charge is 0.138 e. The predicted molar refractivity (Wildman–Crippen MR) is 87.4 cm³/mol. The molecular weight excluding hydrogens is 260 g/mol. The molecule has 0 spiro atoms. The van der Waals surface area contributed by atoms with E-state index in [1.54, 1.807) is 6.20 Å². The zero-order chi connectivity index (χ0) is 15.1. The molecule has 21 heavy (non-hydrogen) atoms. The van der Waals surface area contributed by atoms with Crippen LogP contribution >= 0.6 is 0 Å². The second-order valence-corrected chi connectivity index (χ2v) is 5.45. The molecule has 0 unspecified atom stereocenters. The summed E-state index contributed by atoms with van der Waals surface area (Å²) < 4.78 is 5.71. The Hall–Kier alpha value is -1.87. The summed E-state index contributed by atoms with van der Waals surface area (Å²) in [6, 6.07) is 10.6. The van der Waals surface area contributed by atoms with Crippen molar-refractivity contribution in [3.05, 3.63) is 48.3 Å². The minimum Gasteiger partial charge on any atom is -0.489 e. The molecule has 0 atom stereocenters. The first kappa shape index (κ1) is 15.5. The molecule has 0 fully saturated rings. The van der Waals surface area contributed by atoms with Gasteiger partial charge in [0.15, 0.2) is 0 Å². The number of ether oxygens (including phenoxy) is 1. The molecular formula is C18H24N2O. The molecule has 112 valence electrons. The number of hydrogen-bond donors (Lipinski definition) is 1. The molecule has 3 nitrogen and oxygen atoms in total. The largest absolute Gasteiger partial charge is 0.489 e. The van der Waals surface area contributed by atoms with Crippen molar-refractivity contribution >= 4 is 0 Å². The number of aromatic nitrogens is 1. The summed E-state index contributed by atoms with van der Waals surface area (Å²) in [6.07, 6.45) is 4.95. The Bertz CT molecular complexity index is 567. The fourth-order valence-electron chi connectivity index (χ4n) is 2.18. The number of pyridine rings is 1. The van der Waals surface area contributed by atoms with Gasteiger partial charge in [-0.25, -0.2) is 0 Å². The average Bonchev–Trinajstić information content (AvgIpc) is 2.47. The van der Waals surface area contributed by atoms with Crippen LogP contribution in [0.5, 0.6) is 5.75 Å². The van der Waals surface area contributed by atoms with Crippen LogP contribution < -0.4 is 10.1 Å². The van der Waals surface area contributed by atoms with Gasteiger partial charge in [-0.2, -0.15) is 0 Å². The first-order valence-corrected chi connectivity index (χ1v) is 7.60. The molecule has 3 heteroatoms. The maximum atomic E-state index is 5.71. The summed E-state index contributed by atoms with van der Waals surface area (Å²) in [7, 11) is 0. The molecule has 2 aromatic rings. The van der Waals surface area contributed by atoms with Gasteiger partial charge in [-0.05, 0) is 50.1 Å². The van der Waals surface area contributed by atoms with Gasteiger partial charge < -0.3 is 10.1 Å². The maximum Gasteiger partial charge on any atom is 0.138 e. The standard InChI is InChI=1S/C18H24N2O/c1-4-8-19-11-15-6-5-7-16(9-15)17-10-18(13-20-12-17)21-14(2)3/h5-7,9-10,12-14,19H,4,8,11H2,1-3H3. The minimum atomic E-state index is 0.159. The topological polar surface area (TPSA) is 34.2 Å². The summed E-state index contributed by atoms with van der Waals surface area (Å²) in [6.45, 7) is 8.16. The van der Waals surface area contributed by atoms with E-state index in [1.807, 2.05) is 26.1 Å². The lowest BCUT2D eigenvalue weighted by Crippen LogP contribution is -2.13. The molecule has 0 bridgehead atoms. The molecule has 1 heterocycles. The van der Waals surface area contributed by atoms with E-state index in [0.29, 0.717) is 0 Å². The fraction of sp³-hybridized carbons (Fsp3) is 0.389. The monoisotopic (exact) mass is 284 g/mol. The second kappa shape index (κ2) is 7.79. The van der Waals surface area contributed by atoms with Crippen molar-refractivity contribution in [1.29, 1.82) is 0 Å². The van der Waals surface area contributed by atoms with Crippen molar-refractivity contribution in [3.63, 3.8) is 0 Å². The summed E-state index contributed by atoms with van der Waals surface area (Å²) in [5.41, 5.74) is 3.55. The zero-order valence-corrected chi connectivity index (χ0v) is 13.1. The van der Waals surface area contributed by atoms with Crippen molar-refractivity contribution < 1.29 is 4.74 Å². The number of nitrogens with one attached hydrogen (secondary N) is 1. The maximum absolute atomic E-state index is 5.71. The highest BCUT2D eigenvalue weighted by molar-refractivity contribution is 5.64. The zero-order valence-electron chi connectivity index (χ0n) is 13.1. The normalized spacial score (nSPS) is 10.9. The lowest BCUT2D eigenvalue weighted by Gasteiger charge is -2.11. The van der Waals surface area contributed by atoms with Gasteiger partial charge in [-0.15, -0.1) is 0 Å². The van der Waals surface area contributed by atoms with Crippen LogP contribution in [0, 0.1) is 0 Å². The fourth-order valence-corrected chi connectivity index (χ4v) is 2.18. The van der Waals surface area contributed by atoms with Crippen LogP contribution in [0.1, 0.15) is 32.8 Å². The molecule has 0 amide bonds. The van der Waals surface area contributed by atoms with Crippen LogP contribution in [0.2, 0.25) is 0 Å². The van der Waals surface area contributed by atoms with Gasteiger partial charge >= 0.3 is 0 Å². The van der Waals surface area contributed by atoms with Crippen LogP contribution in [0.25, 0.3) is 11.1 Å². The quantitative estimate of drug-likeness (QED) is 0.779. The Labute approximate surface area is 127 Å². The third-order valence-electron chi connectivity index (χ3n) is 3.10. The van der Waals surface area contributed by atoms with Gasteiger partial charge in [0.05, 0.1) is 12.3 Å². The Morgan fingerprint density at radius 3 is 2.76 bits per heavy atom. The lowest BCUT2D eigenvalue weighted by molar-refractivity contribution is 0.241. The second-order valence-electron chi connectivity index (χ2n) is 5.45. The van der Waals surface area contributed by atoms with Crippen molar-refractivity contribution in [1.82, 2.24) is 10.3 Å². The van der Waals surface area contributed by atoms with E-state index in [2.05, 4.69) is 41.5 Å². The number of benzene rings is 1. The Morgan fingerprint density at radius 2 is 2.00 bits per heavy atom. The number of rotatable bonds is 7. The first-order valence-electron chi connectivity index (χ1n) is 7.60. The summed E-state index contributed by atoms with van der Waals surface area (Å²) in [5.74, 6) is 0.817. The summed E-state index contributed by atoms with van der Waals surface area (Å²) >= 11 is 0. The van der Waals surface area contributed by atoms with Crippen molar-refractivity contribution in [2.75, 3.05) is 6.54 Å². The van der Waals surface area contributed by atoms with Crippen LogP contribution in [-0.4, -0.2) is 17.6 Å². The summed E-state index contributed by atoms with van der Waals surface area (Å²) in [4.78, 5) is 4.28. The number of nitrogens with zero attached hydrogens (tertiary/aromatic N) is 1. The van der Waals surface area contributed by atoms with Gasteiger partial charge in [-0.3, -0.25) is 4.98 Å². The van der Waals surface area contributed by atoms with Crippen LogP contribution in [0.4, 0.5) is 0 Å². The molecule has 2 rings (SSSR count). The molecule has 1 aromatic carbocycles. The van der Waals surface area contributed by atoms with Crippen LogP contribution in [0.3, 0.4) is 0 Å². The molecule has 1 aromatic heterocycles. The van der Waals surface area contributed by atoms with E-state index in [4.69, 9.17) is 4.74 Å². The SMILES string of the molecule is CCCNCc1cccc(-c2cncc(OC(C)C)c2)c1. The number of hydrogen-bond acceptors (Lipinski definition) is 3. The lowest BCUT2D eigenvalue weighted by atomic mass is 10.0. The van der Waals surface area contributed by atoms with E-state index in [0.717, 1.165) is 30.8 Å². The molecule has 0 saturated heterocycles. The van der Waals surface area contributed by atoms with Crippen LogP contribution in [0.15, 0.2) is 42.7 Å². The third kappa shape index (κ3) is 4.87. The highest BCUT2D eigenvalue weighted by Crippen LogP contribution is 2.24. The molecule has 0 aliphatic rings. The minimum absolute atomic E-state index is 0.159. The average molecular weight is 284 g/mol. The predicted octanol–water partition coefficient (Wildman–Crippen LogP) is 4.04. The van der Waals surface area contributed by atoms with Crippen molar-refractivity contribution in [3.8, 4) is 16.9 Å². The van der Waals surface area contributed by atoms with Crippen molar-refractivity contribution in [2.24, 2.45) is 0 Å². The highest BCUT2D eigenvalue weighted by Gasteiger charge is 2.03. The first-order chi connectivity index (χ1) is 10.2. The Morgan fingerprint density at radius 1 is 1.14 bits per heavy atom. The Balaban J connectivity index is 2.15. The van der Waals surface area contributed by atoms with Gasteiger partial charge in [-0.1, -0.05) is 25.1 Å². The van der Waals surface area contributed by atoms with Crippen molar-refractivity contribution in [2.45, 2.75) is 39.8 Å². The van der Waals surface area contributed by atoms with Gasteiger partial charge in [0.1, 0.15) is 5.75 Å². The van der Waals surface area contributed by atoms with Crippen LogP contribution in [-0.2, 0) is 6.54 Å². The van der Waals surface area contributed by atoms with E-state index in [9.17, 15) is 0 Å². The molecule has 1 N–H and O–H groups in total. The highest BCUT2D eigenvalue weighted by atomic mass is 16.5. The van der Waals surface area contributed by atoms with E-state index in [1.165, 1.54) is 11.1 Å².